The maximum atomic E-state index is 12.0. The van der Waals surface area contributed by atoms with Crippen LogP contribution in [0.25, 0.3) is 0 Å². The van der Waals surface area contributed by atoms with Gasteiger partial charge in [0.05, 0.1) is 5.69 Å². The van der Waals surface area contributed by atoms with Crippen LogP contribution >= 0.6 is 0 Å². The number of nitrogens with one attached hydrogen (secondary N) is 2. The van der Waals surface area contributed by atoms with Crippen molar-refractivity contribution in [2.75, 3.05) is 6.54 Å². The Kier molecular flexibility index (Phi) is 4.29. The summed E-state index contributed by atoms with van der Waals surface area (Å²) in [6, 6.07) is 0.265. The normalized spacial score (nSPS) is 19.1. The second-order valence-electron chi connectivity index (χ2n) is 6.34. The molecule has 3 rings (SSSR count). The lowest BCUT2D eigenvalue weighted by Gasteiger charge is -2.17. The van der Waals surface area contributed by atoms with E-state index in [1.807, 2.05) is 0 Å². The number of fused-ring (bicyclic) bond motifs is 1. The molecule has 1 saturated carbocycles. The Morgan fingerprint density at radius 1 is 1.52 bits per heavy atom. The number of nitrogens with zero attached hydrogens (tertiary/aromatic N) is 2. The number of aromatic nitrogens is 2. The molecule has 1 fully saturated rings. The molecule has 5 nitrogen and oxygen atoms in total. The van der Waals surface area contributed by atoms with E-state index < -0.39 is 0 Å². The standard InChI is InChI=1S/C16H26N4O/c1-3-11(2)18-15(21)7-9-20-14-6-8-17-10-13(14)19-16(20)12-4-5-12/h11-12,17H,3-10H2,1-2H3,(H,18,21). The fourth-order valence-electron chi connectivity index (χ4n) is 2.96. The molecule has 116 valence electrons. The molecule has 2 N–H and O–H groups in total. The van der Waals surface area contributed by atoms with Crippen LogP contribution in [0.4, 0.5) is 0 Å². The lowest BCUT2D eigenvalue weighted by atomic mass is 10.2. The summed E-state index contributed by atoms with van der Waals surface area (Å²) in [6.45, 7) is 6.81. The highest BCUT2D eigenvalue weighted by atomic mass is 16.1. The minimum atomic E-state index is 0.155. The third-order valence-corrected chi connectivity index (χ3v) is 4.54. The molecule has 0 bridgehead atoms. The summed E-state index contributed by atoms with van der Waals surface area (Å²) < 4.78 is 2.34. The second-order valence-corrected chi connectivity index (χ2v) is 6.34. The van der Waals surface area contributed by atoms with Crippen molar-refractivity contribution in [3.8, 4) is 0 Å². The summed E-state index contributed by atoms with van der Waals surface area (Å²) in [6.07, 6.45) is 5.07. The predicted molar refractivity (Wildman–Crippen MR) is 82.1 cm³/mol. The Labute approximate surface area is 126 Å². The Morgan fingerprint density at radius 3 is 3.05 bits per heavy atom. The van der Waals surface area contributed by atoms with E-state index in [2.05, 4.69) is 29.0 Å². The molecule has 0 radical (unpaired) electrons. The van der Waals surface area contributed by atoms with Gasteiger partial charge < -0.3 is 15.2 Å². The van der Waals surface area contributed by atoms with Crippen molar-refractivity contribution in [2.45, 2.75) is 71.0 Å². The molecular formula is C16H26N4O. The molecule has 0 spiro atoms. The van der Waals surface area contributed by atoms with Crippen LogP contribution in [0.1, 0.15) is 62.7 Å². The first-order chi connectivity index (χ1) is 10.2. The van der Waals surface area contributed by atoms with E-state index in [-0.39, 0.29) is 11.9 Å². The molecule has 0 aromatic carbocycles. The quantitative estimate of drug-likeness (QED) is 0.838. The number of hydrogen-bond donors (Lipinski definition) is 2. The smallest absolute Gasteiger partial charge is 0.221 e. The van der Waals surface area contributed by atoms with Crippen molar-refractivity contribution in [3.05, 3.63) is 17.2 Å². The maximum absolute atomic E-state index is 12.0. The van der Waals surface area contributed by atoms with Gasteiger partial charge in [0, 0.05) is 50.1 Å². The molecular weight excluding hydrogens is 264 g/mol. The van der Waals surface area contributed by atoms with Gasteiger partial charge in [-0.25, -0.2) is 4.98 Å². The van der Waals surface area contributed by atoms with E-state index in [1.54, 1.807) is 0 Å². The summed E-state index contributed by atoms with van der Waals surface area (Å²) in [4.78, 5) is 16.9. The number of carbonyl (C=O) groups excluding carboxylic acids is 1. The van der Waals surface area contributed by atoms with Gasteiger partial charge in [0.15, 0.2) is 0 Å². The molecule has 1 unspecified atom stereocenters. The lowest BCUT2D eigenvalue weighted by Crippen LogP contribution is -2.33. The van der Waals surface area contributed by atoms with Crippen LogP contribution in [0.5, 0.6) is 0 Å². The molecule has 1 aromatic heterocycles. The van der Waals surface area contributed by atoms with Gasteiger partial charge in [-0.1, -0.05) is 6.92 Å². The number of amides is 1. The molecule has 5 heteroatoms. The fourth-order valence-corrected chi connectivity index (χ4v) is 2.96. The third kappa shape index (κ3) is 3.28. The van der Waals surface area contributed by atoms with Crippen LogP contribution in [0.15, 0.2) is 0 Å². The van der Waals surface area contributed by atoms with Gasteiger partial charge in [-0.05, 0) is 26.2 Å². The van der Waals surface area contributed by atoms with Crippen LogP contribution in [0, 0.1) is 0 Å². The number of carbonyl (C=O) groups is 1. The van der Waals surface area contributed by atoms with Crippen LogP contribution in [-0.2, 0) is 24.3 Å². The van der Waals surface area contributed by atoms with Crippen molar-refractivity contribution in [1.82, 2.24) is 20.2 Å². The number of imidazole rings is 1. The van der Waals surface area contributed by atoms with Crippen molar-refractivity contribution < 1.29 is 4.79 Å². The van der Waals surface area contributed by atoms with Gasteiger partial charge in [0.25, 0.3) is 0 Å². The van der Waals surface area contributed by atoms with Gasteiger partial charge >= 0.3 is 0 Å². The van der Waals surface area contributed by atoms with Gasteiger partial charge in [0.1, 0.15) is 5.82 Å². The minimum absolute atomic E-state index is 0.155. The third-order valence-electron chi connectivity index (χ3n) is 4.54. The Bertz CT molecular complexity index is 519. The molecule has 1 aromatic rings. The number of rotatable bonds is 6. The number of hydrogen-bond acceptors (Lipinski definition) is 3. The van der Waals surface area contributed by atoms with E-state index in [4.69, 9.17) is 4.98 Å². The first-order valence-electron chi connectivity index (χ1n) is 8.27. The minimum Gasteiger partial charge on any atom is -0.354 e. The van der Waals surface area contributed by atoms with Crippen LogP contribution in [-0.4, -0.2) is 28.0 Å². The van der Waals surface area contributed by atoms with Gasteiger partial charge in [0.2, 0.25) is 5.91 Å². The largest absolute Gasteiger partial charge is 0.354 e. The topological polar surface area (TPSA) is 59.0 Å². The lowest BCUT2D eigenvalue weighted by molar-refractivity contribution is -0.121. The molecule has 21 heavy (non-hydrogen) atoms. The predicted octanol–water partition coefficient (Wildman–Crippen LogP) is 1.71. The van der Waals surface area contributed by atoms with Gasteiger partial charge in [-0.3, -0.25) is 4.79 Å². The molecule has 1 amide bonds. The average Bonchev–Trinajstić information content (AvgIpc) is 3.26. The van der Waals surface area contributed by atoms with E-state index >= 15 is 0 Å². The summed E-state index contributed by atoms with van der Waals surface area (Å²) >= 11 is 0. The highest BCUT2D eigenvalue weighted by Gasteiger charge is 2.31. The highest BCUT2D eigenvalue weighted by molar-refractivity contribution is 5.76. The summed E-state index contributed by atoms with van der Waals surface area (Å²) in [5.74, 6) is 2.01. The molecule has 2 aliphatic rings. The average molecular weight is 290 g/mol. The van der Waals surface area contributed by atoms with Crippen LogP contribution in [0.2, 0.25) is 0 Å². The Hall–Kier alpha value is -1.36. The first kappa shape index (κ1) is 14.6. The van der Waals surface area contributed by atoms with Crippen molar-refractivity contribution in [2.24, 2.45) is 0 Å². The van der Waals surface area contributed by atoms with E-state index in [1.165, 1.54) is 30.1 Å². The zero-order valence-corrected chi connectivity index (χ0v) is 13.1. The summed E-state index contributed by atoms with van der Waals surface area (Å²) in [5.41, 5.74) is 2.55. The first-order valence-corrected chi connectivity index (χ1v) is 8.27. The fraction of sp³-hybridized carbons (Fsp3) is 0.750. The zero-order chi connectivity index (χ0) is 14.8. The molecule has 1 aliphatic heterocycles. The van der Waals surface area contributed by atoms with Gasteiger partial charge in [-0.15, -0.1) is 0 Å². The highest BCUT2D eigenvalue weighted by Crippen LogP contribution is 2.40. The van der Waals surface area contributed by atoms with Crippen LogP contribution in [0.3, 0.4) is 0 Å². The summed E-state index contributed by atoms with van der Waals surface area (Å²) in [5, 5.41) is 6.44. The van der Waals surface area contributed by atoms with E-state index in [0.717, 1.165) is 32.5 Å². The van der Waals surface area contributed by atoms with Gasteiger partial charge in [-0.2, -0.15) is 0 Å². The van der Waals surface area contributed by atoms with E-state index in [0.29, 0.717) is 12.3 Å². The van der Waals surface area contributed by atoms with Crippen molar-refractivity contribution >= 4 is 5.91 Å². The Balaban J connectivity index is 1.69. The van der Waals surface area contributed by atoms with Crippen molar-refractivity contribution in [3.63, 3.8) is 0 Å². The summed E-state index contributed by atoms with van der Waals surface area (Å²) in [7, 11) is 0. The monoisotopic (exact) mass is 290 g/mol. The van der Waals surface area contributed by atoms with Crippen LogP contribution < -0.4 is 10.6 Å². The second kappa shape index (κ2) is 6.18. The molecule has 1 aliphatic carbocycles. The molecule has 2 heterocycles. The maximum Gasteiger partial charge on any atom is 0.221 e. The molecule has 0 saturated heterocycles. The van der Waals surface area contributed by atoms with E-state index in [9.17, 15) is 4.79 Å². The molecule has 1 atom stereocenters. The zero-order valence-electron chi connectivity index (χ0n) is 13.1. The Morgan fingerprint density at radius 2 is 2.33 bits per heavy atom. The SMILES string of the molecule is CCC(C)NC(=O)CCn1c(C2CC2)nc2c1CCNC2. The van der Waals surface area contributed by atoms with Crippen molar-refractivity contribution in [1.29, 1.82) is 0 Å².